The average molecular weight is 799 g/mol. The van der Waals surface area contributed by atoms with Crippen LogP contribution in [0.15, 0.2) is 65.0 Å². The van der Waals surface area contributed by atoms with Gasteiger partial charge in [0.25, 0.3) is 0 Å². The first kappa shape index (κ1) is 40.9. The standard InChI is InChI=1S/C49H70N2O7/c1-29-18-22-57-48(26-29,43-42(58-43)47(5,55)44(2,28-52)19-15-31-17-21-51-38(50)23-31)37-24-33-13-14-35-40-39(45(3)20-16-34(53)25-36(45)41(35)54)32(27-46(37,4)49(33,40)56)12-11-30-9-7-6-8-10-30/h6-10,17,23,29,32-34,36-37,39,42-43,51-53,55-56H,11-16,18-22,24-28,50H2,1-5H3/t29-,32+,33-,34-,36-,37-,39-,42-,43-,44-,45-,46+,47-,48+,49+/m0/s1. The lowest BCUT2D eigenvalue weighted by molar-refractivity contribution is -0.205. The predicted octanol–water partition coefficient (Wildman–Crippen LogP) is 6.28. The number of rotatable bonds is 11. The van der Waals surface area contributed by atoms with Gasteiger partial charge in [-0.3, -0.25) is 4.79 Å². The molecule has 318 valence electrons. The number of carbonyl (C=O) groups excluding carboxylic acids is 1. The highest BCUT2D eigenvalue weighted by atomic mass is 16.6. The smallest absolute Gasteiger partial charge is 0.162 e. The van der Waals surface area contributed by atoms with Crippen molar-refractivity contribution >= 4 is 5.78 Å². The largest absolute Gasteiger partial charge is 0.396 e. The molecule has 3 saturated carbocycles. The number of fused-ring (bicyclic) bond motifs is 2. The van der Waals surface area contributed by atoms with Gasteiger partial charge in [-0.25, -0.2) is 0 Å². The van der Waals surface area contributed by atoms with Crippen molar-refractivity contribution in [2.75, 3.05) is 19.8 Å². The number of nitrogens with two attached hydrogens (primary N) is 1. The van der Waals surface area contributed by atoms with Crippen LogP contribution < -0.4 is 11.1 Å². The van der Waals surface area contributed by atoms with Crippen molar-refractivity contribution < 1.29 is 34.7 Å². The summed E-state index contributed by atoms with van der Waals surface area (Å²) < 4.78 is 14.0. The maximum Gasteiger partial charge on any atom is 0.162 e. The van der Waals surface area contributed by atoms with Crippen LogP contribution in [-0.4, -0.2) is 81.1 Å². The molecule has 0 radical (unpaired) electrons. The van der Waals surface area contributed by atoms with Crippen LogP contribution >= 0.6 is 0 Å². The van der Waals surface area contributed by atoms with Crippen molar-refractivity contribution in [1.82, 2.24) is 5.32 Å². The molecule has 9 heteroatoms. The van der Waals surface area contributed by atoms with E-state index in [2.05, 4.69) is 62.5 Å². The lowest BCUT2D eigenvalue weighted by atomic mass is 9.40. The third kappa shape index (κ3) is 5.94. The Hall–Kier alpha value is -2.53. The van der Waals surface area contributed by atoms with Gasteiger partial charge in [-0.1, -0.05) is 64.1 Å². The molecule has 5 aliphatic carbocycles. The first-order valence-corrected chi connectivity index (χ1v) is 22.8. The van der Waals surface area contributed by atoms with E-state index in [1.165, 1.54) is 5.56 Å². The molecule has 5 fully saturated rings. The fourth-order valence-corrected chi connectivity index (χ4v) is 14.8. The van der Waals surface area contributed by atoms with Crippen molar-refractivity contribution in [2.45, 2.75) is 153 Å². The number of epoxide rings is 1. The summed E-state index contributed by atoms with van der Waals surface area (Å²) in [6.07, 6.45) is 12.5. The molecule has 1 aromatic carbocycles. The highest BCUT2D eigenvalue weighted by Gasteiger charge is 2.79. The van der Waals surface area contributed by atoms with E-state index in [4.69, 9.17) is 15.2 Å². The molecule has 8 aliphatic rings. The van der Waals surface area contributed by atoms with Crippen molar-refractivity contribution in [2.24, 2.45) is 57.5 Å². The normalized spacial score (nSPS) is 45.2. The van der Waals surface area contributed by atoms with E-state index in [0.717, 1.165) is 68.1 Å². The second-order valence-corrected chi connectivity index (χ2v) is 21.4. The number of ketones is 1. The zero-order valence-electron chi connectivity index (χ0n) is 35.6. The van der Waals surface area contributed by atoms with Crippen LogP contribution in [-0.2, 0) is 20.7 Å². The number of dihydropyridines is 1. The molecule has 3 aliphatic heterocycles. The zero-order chi connectivity index (χ0) is 41.0. The second-order valence-electron chi connectivity index (χ2n) is 21.4. The Morgan fingerprint density at radius 3 is 2.55 bits per heavy atom. The molecule has 0 bridgehead atoms. The molecular formula is C49H70N2O7. The summed E-state index contributed by atoms with van der Waals surface area (Å²) in [4.78, 5) is 14.8. The van der Waals surface area contributed by atoms with Gasteiger partial charge in [-0.05, 0) is 154 Å². The van der Waals surface area contributed by atoms with Crippen LogP contribution in [0, 0.1) is 51.8 Å². The Morgan fingerprint density at radius 1 is 1.05 bits per heavy atom. The number of ether oxygens (including phenoxy) is 2. The molecule has 1 aromatic rings. The predicted molar refractivity (Wildman–Crippen MR) is 223 cm³/mol. The van der Waals surface area contributed by atoms with Crippen molar-refractivity contribution in [3.63, 3.8) is 0 Å². The van der Waals surface area contributed by atoms with E-state index in [-0.39, 0.29) is 47.4 Å². The monoisotopic (exact) mass is 799 g/mol. The molecule has 0 unspecified atom stereocenters. The van der Waals surface area contributed by atoms with Crippen LogP contribution in [0.2, 0.25) is 0 Å². The van der Waals surface area contributed by atoms with Crippen LogP contribution in [0.3, 0.4) is 0 Å². The molecule has 58 heavy (non-hydrogen) atoms. The van der Waals surface area contributed by atoms with E-state index in [0.29, 0.717) is 57.0 Å². The first-order chi connectivity index (χ1) is 27.5. The van der Waals surface area contributed by atoms with Gasteiger partial charge in [-0.15, -0.1) is 0 Å². The number of nitrogens with one attached hydrogen (secondary N) is 1. The summed E-state index contributed by atoms with van der Waals surface area (Å²) in [7, 11) is 0. The van der Waals surface area contributed by atoms with Crippen LogP contribution in [0.25, 0.3) is 0 Å². The maximum absolute atomic E-state index is 14.8. The molecule has 7 N–H and O–H groups in total. The minimum absolute atomic E-state index is 0.0159. The van der Waals surface area contributed by atoms with Crippen molar-refractivity contribution in [3.05, 3.63) is 70.6 Å². The van der Waals surface area contributed by atoms with Gasteiger partial charge < -0.3 is 41.0 Å². The summed E-state index contributed by atoms with van der Waals surface area (Å²) in [5.41, 5.74) is 5.30. The maximum atomic E-state index is 14.8. The topological polar surface area (TPSA) is 158 Å². The lowest BCUT2D eigenvalue weighted by Crippen LogP contribution is -2.67. The Kier molecular flexibility index (Phi) is 10.1. The van der Waals surface area contributed by atoms with E-state index < -0.39 is 45.9 Å². The molecule has 0 spiro atoms. The third-order valence-electron chi connectivity index (χ3n) is 18.3. The number of aliphatic hydroxyl groups excluding tert-OH is 2. The zero-order valence-corrected chi connectivity index (χ0v) is 35.6. The van der Waals surface area contributed by atoms with Gasteiger partial charge in [0, 0.05) is 29.9 Å². The fourth-order valence-electron chi connectivity index (χ4n) is 14.8. The number of allylic oxidation sites excluding steroid dienone is 3. The van der Waals surface area contributed by atoms with Gasteiger partial charge in [-0.2, -0.15) is 0 Å². The molecule has 9 rings (SSSR count). The van der Waals surface area contributed by atoms with Gasteiger partial charge in [0.2, 0.25) is 0 Å². The first-order valence-electron chi connectivity index (χ1n) is 22.8. The summed E-state index contributed by atoms with van der Waals surface area (Å²) in [6, 6.07) is 10.7. The van der Waals surface area contributed by atoms with E-state index in [9.17, 15) is 25.2 Å². The van der Waals surface area contributed by atoms with Crippen LogP contribution in [0.5, 0.6) is 0 Å². The summed E-state index contributed by atoms with van der Waals surface area (Å²) in [6.45, 7) is 11.8. The fraction of sp³-hybridized carbons (Fsp3) is 0.735. The Labute approximate surface area is 345 Å². The Morgan fingerprint density at radius 2 is 1.83 bits per heavy atom. The Balaban J connectivity index is 1.11. The van der Waals surface area contributed by atoms with Crippen molar-refractivity contribution in [3.8, 4) is 0 Å². The third-order valence-corrected chi connectivity index (χ3v) is 18.3. The SMILES string of the molecule is C[C@H]1CCO[C@]([C@H]2C[C@@H]3CCC4=C5[C@H]([C@H](CCc6ccccc6)C[C@@]2(C)[C@]53O)[C@@]2(C)CC[C@H](O)C[C@H]2C4=O)([C@H]2O[C@@H]2[C@](C)(O)[C@](C)(CO)CCC2=CCNC(N)=C2)C1. The van der Waals surface area contributed by atoms with Crippen LogP contribution in [0.4, 0.5) is 0 Å². The molecule has 3 heterocycles. The van der Waals surface area contributed by atoms with E-state index in [1.54, 1.807) is 0 Å². The molecule has 2 saturated heterocycles. The minimum Gasteiger partial charge on any atom is -0.396 e. The lowest BCUT2D eigenvalue weighted by Gasteiger charge is -2.66. The highest BCUT2D eigenvalue weighted by molar-refractivity contribution is 6.00. The summed E-state index contributed by atoms with van der Waals surface area (Å²) >= 11 is 0. The molecule has 0 aromatic heterocycles. The number of carbonyl (C=O) groups is 1. The highest BCUT2D eigenvalue weighted by Crippen LogP contribution is 2.76. The van der Waals surface area contributed by atoms with Gasteiger partial charge >= 0.3 is 0 Å². The second kappa shape index (κ2) is 14.3. The van der Waals surface area contributed by atoms with E-state index >= 15 is 0 Å². The number of hydrogen-bond donors (Lipinski definition) is 6. The average Bonchev–Trinajstić information content (AvgIpc) is 3.99. The van der Waals surface area contributed by atoms with E-state index in [1.807, 2.05) is 19.9 Å². The molecule has 0 amide bonds. The number of aryl methyl sites for hydroxylation is 1. The quantitative estimate of drug-likeness (QED) is 0.142. The minimum atomic E-state index is -1.37. The molecule has 15 atom stereocenters. The van der Waals surface area contributed by atoms with Gasteiger partial charge in [0.15, 0.2) is 5.78 Å². The number of benzene rings is 1. The van der Waals surface area contributed by atoms with Gasteiger partial charge in [0.1, 0.15) is 17.8 Å². The van der Waals surface area contributed by atoms with Crippen molar-refractivity contribution in [1.29, 1.82) is 0 Å². The summed E-state index contributed by atoms with van der Waals surface area (Å²) in [5.74, 6) is 1.15. The number of Topliss-reactive ketones (excluding diaryl/α,β-unsaturated/α-hetero) is 1. The summed E-state index contributed by atoms with van der Waals surface area (Å²) in [5, 5.41) is 51.7. The number of aliphatic hydroxyl groups is 4. The Bertz CT molecular complexity index is 1880. The number of hydrogen-bond acceptors (Lipinski definition) is 9. The van der Waals surface area contributed by atoms with Gasteiger partial charge in [0.05, 0.1) is 29.7 Å². The van der Waals surface area contributed by atoms with Crippen LogP contribution in [0.1, 0.15) is 117 Å². The molecule has 9 nitrogen and oxygen atoms in total. The molecular weight excluding hydrogens is 729 g/mol.